The summed E-state index contributed by atoms with van der Waals surface area (Å²) >= 11 is 0. The zero-order valence-electron chi connectivity index (χ0n) is 11.1. The van der Waals surface area contributed by atoms with Crippen molar-refractivity contribution in [3.8, 4) is 5.75 Å². The van der Waals surface area contributed by atoms with E-state index in [9.17, 15) is 21.6 Å². The maximum Gasteiger partial charge on any atom is 0.387 e. The van der Waals surface area contributed by atoms with Crippen molar-refractivity contribution in [3.05, 3.63) is 24.0 Å². The molecule has 1 aromatic carbocycles. The summed E-state index contributed by atoms with van der Waals surface area (Å²) in [6, 6.07) is 2.95. The second kappa shape index (κ2) is 6.83. The van der Waals surface area contributed by atoms with Gasteiger partial charge in [0, 0.05) is 23.5 Å². The summed E-state index contributed by atoms with van der Waals surface area (Å²) < 4.78 is 64.2. The second-order valence-electron chi connectivity index (χ2n) is 4.27. The number of sulfone groups is 1. The van der Waals surface area contributed by atoms with Crippen LogP contribution >= 0.6 is 0 Å². The Morgan fingerprint density at radius 3 is 2.50 bits per heavy atom. The van der Waals surface area contributed by atoms with E-state index in [4.69, 9.17) is 0 Å². The number of benzene rings is 1. The Labute approximate surface area is 115 Å². The van der Waals surface area contributed by atoms with Gasteiger partial charge in [0.25, 0.3) is 0 Å². The van der Waals surface area contributed by atoms with Gasteiger partial charge in [-0.2, -0.15) is 8.78 Å². The Hall–Kier alpha value is -1.44. The first kappa shape index (κ1) is 16.6. The van der Waals surface area contributed by atoms with Crippen LogP contribution in [0.2, 0.25) is 0 Å². The molecule has 1 unspecified atom stereocenters. The smallest absolute Gasteiger partial charge is 0.387 e. The molecule has 0 aliphatic carbocycles. The Kier molecular flexibility index (Phi) is 5.67. The van der Waals surface area contributed by atoms with E-state index in [1.54, 1.807) is 6.92 Å². The van der Waals surface area contributed by atoms with Crippen LogP contribution in [0.3, 0.4) is 0 Å². The standard InChI is InChI=1S/C12H16F3NO3S/c1-3-20(17,18)7-8(2)16-9-4-5-11(10(13)6-9)19-12(14)15/h4-6,8,12,16H,3,7H2,1-2H3. The number of anilines is 1. The average molecular weight is 311 g/mol. The van der Waals surface area contributed by atoms with Crippen LogP contribution in [-0.4, -0.2) is 32.6 Å². The summed E-state index contributed by atoms with van der Waals surface area (Å²) in [6.07, 6.45) is 0. The molecule has 0 spiro atoms. The fourth-order valence-electron chi connectivity index (χ4n) is 1.61. The summed E-state index contributed by atoms with van der Waals surface area (Å²) in [5.74, 6) is -1.57. The van der Waals surface area contributed by atoms with Crippen LogP contribution in [-0.2, 0) is 9.84 Å². The van der Waals surface area contributed by atoms with Gasteiger partial charge in [-0.25, -0.2) is 12.8 Å². The number of hydrogen-bond donors (Lipinski definition) is 1. The lowest BCUT2D eigenvalue weighted by Crippen LogP contribution is -2.26. The molecular formula is C12H16F3NO3S. The lowest BCUT2D eigenvalue weighted by molar-refractivity contribution is -0.0521. The first-order valence-corrected chi connectivity index (χ1v) is 7.77. The molecule has 20 heavy (non-hydrogen) atoms. The summed E-state index contributed by atoms with van der Waals surface area (Å²) in [4.78, 5) is 0. The van der Waals surface area contributed by atoms with Crippen molar-refractivity contribution >= 4 is 15.5 Å². The minimum Gasteiger partial charge on any atom is -0.432 e. The lowest BCUT2D eigenvalue weighted by Gasteiger charge is -2.15. The van der Waals surface area contributed by atoms with Gasteiger partial charge in [-0.05, 0) is 19.1 Å². The Morgan fingerprint density at radius 2 is 2.00 bits per heavy atom. The van der Waals surface area contributed by atoms with Gasteiger partial charge < -0.3 is 10.1 Å². The first-order chi connectivity index (χ1) is 9.23. The highest BCUT2D eigenvalue weighted by Crippen LogP contribution is 2.23. The van der Waals surface area contributed by atoms with E-state index in [1.807, 2.05) is 0 Å². The van der Waals surface area contributed by atoms with Crippen LogP contribution in [0, 0.1) is 5.82 Å². The molecule has 0 saturated heterocycles. The van der Waals surface area contributed by atoms with Crippen molar-refractivity contribution in [1.29, 1.82) is 0 Å². The maximum atomic E-state index is 13.4. The summed E-state index contributed by atoms with van der Waals surface area (Å²) in [6.45, 7) is 0.0734. The minimum absolute atomic E-state index is 0.0224. The summed E-state index contributed by atoms with van der Waals surface area (Å²) in [7, 11) is -3.15. The van der Waals surface area contributed by atoms with E-state index < -0.39 is 34.1 Å². The number of alkyl halides is 2. The van der Waals surface area contributed by atoms with Crippen LogP contribution in [0.4, 0.5) is 18.9 Å². The largest absolute Gasteiger partial charge is 0.432 e. The molecule has 0 aliphatic heterocycles. The number of rotatable bonds is 7. The third-order valence-corrected chi connectivity index (χ3v) is 4.39. The fourth-order valence-corrected chi connectivity index (χ4v) is 2.69. The zero-order valence-corrected chi connectivity index (χ0v) is 11.9. The normalized spacial score (nSPS) is 13.3. The summed E-state index contributed by atoms with van der Waals surface area (Å²) in [5, 5.41) is 2.79. The van der Waals surface area contributed by atoms with Crippen molar-refractivity contribution in [1.82, 2.24) is 0 Å². The predicted molar refractivity (Wildman–Crippen MR) is 70.4 cm³/mol. The van der Waals surface area contributed by atoms with Gasteiger partial charge in [-0.1, -0.05) is 6.92 Å². The molecule has 4 nitrogen and oxygen atoms in total. The van der Waals surface area contributed by atoms with Crippen molar-refractivity contribution in [2.45, 2.75) is 26.5 Å². The third-order valence-electron chi connectivity index (χ3n) is 2.50. The molecule has 1 atom stereocenters. The fraction of sp³-hybridized carbons (Fsp3) is 0.500. The van der Waals surface area contributed by atoms with Gasteiger partial charge in [0.05, 0.1) is 5.75 Å². The molecule has 1 rings (SSSR count). The van der Waals surface area contributed by atoms with E-state index in [0.717, 1.165) is 12.1 Å². The van der Waals surface area contributed by atoms with Crippen molar-refractivity contribution in [2.75, 3.05) is 16.8 Å². The Balaban J connectivity index is 2.72. The zero-order chi connectivity index (χ0) is 15.3. The van der Waals surface area contributed by atoms with Crippen LogP contribution < -0.4 is 10.1 Å². The SMILES string of the molecule is CCS(=O)(=O)CC(C)Nc1ccc(OC(F)F)c(F)c1. The molecule has 0 aliphatic rings. The monoisotopic (exact) mass is 311 g/mol. The highest BCUT2D eigenvalue weighted by molar-refractivity contribution is 7.91. The number of nitrogens with one attached hydrogen (secondary N) is 1. The van der Waals surface area contributed by atoms with Gasteiger partial charge in [0.15, 0.2) is 21.4 Å². The van der Waals surface area contributed by atoms with Crippen LogP contribution in [0.5, 0.6) is 5.75 Å². The van der Waals surface area contributed by atoms with E-state index in [2.05, 4.69) is 10.1 Å². The molecule has 0 radical (unpaired) electrons. The van der Waals surface area contributed by atoms with E-state index >= 15 is 0 Å². The number of ether oxygens (including phenoxy) is 1. The maximum absolute atomic E-state index is 13.4. The second-order valence-corrected chi connectivity index (χ2v) is 6.67. The van der Waals surface area contributed by atoms with Crippen LogP contribution in [0.25, 0.3) is 0 Å². The molecule has 1 aromatic rings. The average Bonchev–Trinajstić information content (AvgIpc) is 2.31. The van der Waals surface area contributed by atoms with Crippen molar-refractivity contribution < 1.29 is 26.3 Å². The van der Waals surface area contributed by atoms with E-state index in [-0.39, 0.29) is 11.5 Å². The quantitative estimate of drug-likeness (QED) is 0.841. The van der Waals surface area contributed by atoms with E-state index in [0.29, 0.717) is 5.69 Å². The topological polar surface area (TPSA) is 55.4 Å². The molecule has 0 fully saturated rings. The highest BCUT2D eigenvalue weighted by Gasteiger charge is 2.15. The molecule has 8 heteroatoms. The van der Waals surface area contributed by atoms with E-state index in [1.165, 1.54) is 13.0 Å². The predicted octanol–water partition coefficient (Wildman–Crippen LogP) is 2.66. The first-order valence-electron chi connectivity index (χ1n) is 5.95. The van der Waals surface area contributed by atoms with Crippen LogP contribution in [0.15, 0.2) is 18.2 Å². The summed E-state index contributed by atoms with van der Waals surface area (Å²) in [5.41, 5.74) is 0.294. The third kappa shape index (κ3) is 5.28. The van der Waals surface area contributed by atoms with Gasteiger partial charge in [0.1, 0.15) is 0 Å². The number of hydrogen-bond acceptors (Lipinski definition) is 4. The lowest BCUT2D eigenvalue weighted by atomic mass is 10.2. The molecular weight excluding hydrogens is 295 g/mol. The van der Waals surface area contributed by atoms with Crippen molar-refractivity contribution in [3.63, 3.8) is 0 Å². The van der Waals surface area contributed by atoms with Gasteiger partial charge >= 0.3 is 6.61 Å². The van der Waals surface area contributed by atoms with Crippen molar-refractivity contribution in [2.24, 2.45) is 0 Å². The molecule has 0 heterocycles. The van der Waals surface area contributed by atoms with Gasteiger partial charge in [-0.15, -0.1) is 0 Å². The van der Waals surface area contributed by atoms with Gasteiger partial charge in [-0.3, -0.25) is 0 Å². The molecule has 0 aromatic heterocycles. The molecule has 0 saturated carbocycles. The Bertz CT molecular complexity index is 549. The molecule has 0 bridgehead atoms. The Morgan fingerprint density at radius 1 is 1.35 bits per heavy atom. The molecule has 1 N–H and O–H groups in total. The minimum atomic E-state index is -3.15. The molecule has 114 valence electrons. The molecule has 0 amide bonds. The highest BCUT2D eigenvalue weighted by atomic mass is 32.2. The van der Waals surface area contributed by atoms with Crippen LogP contribution in [0.1, 0.15) is 13.8 Å². The number of halogens is 3. The van der Waals surface area contributed by atoms with Gasteiger partial charge in [0.2, 0.25) is 0 Å².